The average Bonchev–Trinajstić information content (AvgIpc) is 2.83. The molecule has 3 amide bonds. The van der Waals surface area contributed by atoms with Gasteiger partial charge in [0.2, 0.25) is 5.91 Å². The van der Waals surface area contributed by atoms with Crippen LogP contribution in [0.5, 0.6) is 0 Å². The monoisotopic (exact) mass is 435 g/mol. The zero-order chi connectivity index (χ0) is 23.1. The molecule has 0 saturated carbocycles. The Bertz CT molecular complexity index is 932. The molecule has 0 spiro atoms. The Morgan fingerprint density at radius 2 is 1.59 bits per heavy atom. The van der Waals surface area contributed by atoms with E-state index < -0.39 is 6.04 Å². The van der Waals surface area contributed by atoms with Crippen molar-refractivity contribution in [3.8, 4) is 0 Å². The zero-order valence-corrected chi connectivity index (χ0v) is 19.2. The van der Waals surface area contributed by atoms with Crippen molar-refractivity contribution in [2.45, 2.75) is 39.7 Å². The van der Waals surface area contributed by atoms with Gasteiger partial charge in [-0.2, -0.15) is 0 Å². The minimum Gasteiger partial charge on any atom is -0.341 e. The van der Waals surface area contributed by atoms with Gasteiger partial charge in [-0.15, -0.1) is 0 Å². The van der Waals surface area contributed by atoms with Crippen LogP contribution in [0.4, 0.5) is 0 Å². The molecule has 3 rings (SSSR count). The van der Waals surface area contributed by atoms with E-state index in [-0.39, 0.29) is 23.6 Å². The van der Waals surface area contributed by atoms with E-state index in [4.69, 9.17) is 0 Å². The molecule has 1 N–H and O–H groups in total. The van der Waals surface area contributed by atoms with Gasteiger partial charge in [0.05, 0.1) is 0 Å². The molecule has 1 aliphatic heterocycles. The molecule has 1 heterocycles. The SMILES string of the molecule is CCN(CC)C(=O)[C@@H](NC(=O)c1ccccc1)C1CCN(C(=O)c2cccc(C)c2)CC1. The van der Waals surface area contributed by atoms with Gasteiger partial charge in [0.1, 0.15) is 6.04 Å². The van der Waals surface area contributed by atoms with E-state index in [9.17, 15) is 14.4 Å². The molecule has 0 aliphatic carbocycles. The lowest BCUT2D eigenvalue weighted by atomic mass is 9.87. The molecule has 0 bridgehead atoms. The first-order chi connectivity index (χ1) is 15.4. The standard InChI is InChI=1S/C26H33N3O3/c1-4-28(5-2)26(32)23(27-24(30)21-11-7-6-8-12-21)20-14-16-29(17-15-20)25(31)22-13-9-10-19(3)18-22/h6-13,18,20,23H,4-5,14-17H2,1-3H3,(H,27,30)/t23-/m0/s1. The van der Waals surface area contributed by atoms with Crippen molar-refractivity contribution >= 4 is 17.7 Å². The molecule has 0 radical (unpaired) electrons. The fourth-order valence-corrected chi connectivity index (χ4v) is 4.32. The summed E-state index contributed by atoms with van der Waals surface area (Å²) in [4.78, 5) is 42.6. The van der Waals surface area contributed by atoms with Crippen LogP contribution in [-0.2, 0) is 4.79 Å². The molecule has 0 aromatic heterocycles. The second kappa shape index (κ2) is 10.9. The minimum atomic E-state index is -0.598. The maximum atomic E-state index is 13.3. The van der Waals surface area contributed by atoms with Gasteiger partial charge in [0.15, 0.2) is 0 Å². The number of rotatable bonds is 7. The summed E-state index contributed by atoms with van der Waals surface area (Å²) >= 11 is 0. The highest BCUT2D eigenvalue weighted by atomic mass is 16.2. The van der Waals surface area contributed by atoms with Crippen molar-refractivity contribution < 1.29 is 14.4 Å². The highest BCUT2D eigenvalue weighted by Crippen LogP contribution is 2.24. The van der Waals surface area contributed by atoms with Crippen LogP contribution in [0.2, 0.25) is 0 Å². The van der Waals surface area contributed by atoms with E-state index in [0.717, 1.165) is 5.56 Å². The Morgan fingerprint density at radius 3 is 2.19 bits per heavy atom. The van der Waals surface area contributed by atoms with E-state index in [0.29, 0.717) is 50.1 Å². The summed E-state index contributed by atoms with van der Waals surface area (Å²) in [5, 5.41) is 3.00. The van der Waals surface area contributed by atoms with Crippen molar-refractivity contribution in [1.82, 2.24) is 15.1 Å². The van der Waals surface area contributed by atoms with Crippen molar-refractivity contribution in [2.24, 2.45) is 5.92 Å². The van der Waals surface area contributed by atoms with E-state index in [1.165, 1.54) is 0 Å². The van der Waals surface area contributed by atoms with Gasteiger partial charge in [-0.1, -0.05) is 35.9 Å². The molecule has 1 saturated heterocycles. The summed E-state index contributed by atoms with van der Waals surface area (Å²) in [7, 11) is 0. The summed E-state index contributed by atoms with van der Waals surface area (Å²) in [5.74, 6) is -0.290. The normalized spacial score (nSPS) is 15.2. The van der Waals surface area contributed by atoms with Crippen molar-refractivity contribution in [3.05, 3.63) is 71.3 Å². The molecule has 1 fully saturated rings. The van der Waals surface area contributed by atoms with Crippen LogP contribution in [0.3, 0.4) is 0 Å². The number of hydrogen-bond acceptors (Lipinski definition) is 3. The Labute approximate surface area is 190 Å². The largest absolute Gasteiger partial charge is 0.341 e. The first-order valence-corrected chi connectivity index (χ1v) is 11.4. The summed E-state index contributed by atoms with van der Waals surface area (Å²) < 4.78 is 0. The van der Waals surface area contributed by atoms with Gasteiger partial charge in [-0.05, 0) is 63.8 Å². The van der Waals surface area contributed by atoms with Gasteiger partial charge in [0, 0.05) is 37.3 Å². The van der Waals surface area contributed by atoms with Gasteiger partial charge < -0.3 is 15.1 Å². The van der Waals surface area contributed by atoms with Crippen LogP contribution >= 0.6 is 0 Å². The van der Waals surface area contributed by atoms with Crippen LogP contribution in [0.15, 0.2) is 54.6 Å². The van der Waals surface area contributed by atoms with Crippen LogP contribution in [0.1, 0.15) is 53.0 Å². The lowest BCUT2D eigenvalue weighted by molar-refractivity contribution is -0.134. The summed E-state index contributed by atoms with van der Waals surface area (Å²) in [6.07, 6.45) is 1.34. The molecular formula is C26H33N3O3. The molecule has 32 heavy (non-hydrogen) atoms. The zero-order valence-electron chi connectivity index (χ0n) is 19.2. The van der Waals surface area contributed by atoms with Gasteiger partial charge >= 0.3 is 0 Å². The Hall–Kier alpha value is -3.15. The molecule has 2 aromatic carbocycles. The van der Waals surface area contributed by atoms with Crippen LogP contribution < -0.4 is 5.32 Å². The van der Waals surface area contributed by atoms with Gasteiger partial charge in [0.25, 0.3) is 11.8 Å². The molecule has 170 valence electrons. The molecule has 6 nitrogen and oxygen atoms in total. The first kappa shape index (κ1) is 23.5. The smallest absolute Gasteiger partial charge is 0.253 e. The van der Waals surface area contributed by atoms with Crippen LogP contribution in [0.25, 0.3) is 0 Å². The highest BCUT2D eigenvalue weighted by molar-refractivity contribution is 5.97. The lowest BCUT2D eigenvalue weighted by Crippen LogP contribution is -2.54. The van der Waals surface area contributed by atoms with Crippen molar-refractivity contribution in [2.75, 3.05) is 26.2 Å². The number of piperidine rings is 1. The van der Waals surface area contributed by atoms with Crippen molar-refractivity contribution in [3.63, 3.8) is 0 Å². The lowest BCUT2D eigenvalue weighted by Gasteiger charge is -2.37. The number of aryl methyl sites for hydroxylation is 1. The third-order valence-corrected chi connectivity index (χ3v) is 6.23. The third-order valence-electron chi connectivity index (χ3n) is 6.23. The Kier molecular flexibility index (Phi) is 8.03. The topological polar surface area (TPSA) is 69.7 Å². The first-order valence-electron chi connectivity index (χ1n) is 11.4. The molecule has 1 atom stereocenters. The summed E-state index contributed by atoms with van der Waals surface area (Å²) in [5.41, 5.74) is 2.28. The maximum Gasteiger partial charge on any atom is 0.253 e. The third kappa shape index (κ3) is 5.55. The molecule has 1 aliphatic rings. The summed E-state index contributed by atoms with van der Waals surface area (Å²) in [6, 6.07) is 16.0. The fourth-order valence-electron chi connectivity index (χ4n) is 4.32. The fraction of sp³-hybridized carbons (Fsp3) is 0.423. The van der Waals surface area contributed by atoms with Gasteiger partial charge in [-0.25, -0.2) is 0 Å². The molecule has 6 heteroatoms. The number of carbonyl (C=O) groups is 3. The van der Waals surface area contributed by atoms with E-state index >= 15 is 0 Å². The second-order valence-electron chi connectivity index (χ2n) is 8.33. The number of nitrogens with one attached hydrogen (secondary N) is 1. The quantitative estimate of drug-likeness (QED) is 0.724. The maximum absolute atomic E-state index is 13.3. The Morgan fingerprint density at radius 1 is 0.969 bits per heavy atom. The number of amides is 3. The minimum absolute atomic E-state index is 0.0164. The number of likely N-dealkylation sites (tertiary alicyclic amines) is 1. The molecule has 0 unspecified atom stereocenters. The number of likely N-dealkylation sites (N-methyl/N-ethyl adjacent to an activating group) is 1. The van der Waals surface area contributed by atoms with Crippen LogP contribution in [-0.4, -0.2) is 59.7 Å². The summed E-state index contributed by atoms with van der Waals surface area (Å²) in [6.45, 7) is 8.19. The predicted octanol–water partition coefficient (Wildman–Crippen LogP) is 3.51. The average molecular weight is 436 g/mol. The molecular weight excluding hydrogens is 402 g/mol. The van der Waals surface area contributed by atoms with Crippen LogP contribution in [0, 0.1) is 12.8 Å². The van der Waals surface area contributed by atoms with Crippen molar-refractivity contribution in [1.29, 1.82) is 0 Å². The molecule has 2 aromatic rings. The number of hydrogen-bond donors (Lipinski definition) is 1. The van der Waals surface area contributed by atoms with Gasteiger partial charge in [-0.3, -0.25) is 14.4 Å². The second-order valence-corrected chi connectivity index (χ2v) is 8.33. The predicted molar refractivity (Wildman–Crippen MR) is 125 cm³/mol. The number of nitrogens with zero attached hydrogens (tertiary/aromatic N) is 2. The number of carbonyl (C=O) groups excluding carboxylic acids is 3. The highest BCUT2D eigenvalue weighted by Gasteiger charge is 2.35. The van der Waals surface area contributed by atoms with E-state index in [1.54, 1.807) is 17.0 Å². The Balaban J connectivity index is 1.72. The number of benzene rings is 2. The van der Waals surface area contributed by atoms with E-state index in [1.807, 2.05) is 68.1 Å². The van der Waals surface area contributed by atoms with E-state index in [2.05, 4.69) is 5.32 Å².